The lowest BCUT2D eigenvalue weighted by Gasteiger charge is -2.15. The third-order valence-electron chi connectivity index (χ3n) is 2.26. The Balaban J connectivity index is 2.45. The number of hydrogen-bond acceptors (Lipinski definition) is 1. The first-order chi connectivity index (χ1) is 6.97. The van der Waals surface area contributed by atoms with Crippen molar-refractivity contribution in [3.8, 4) is 0 Å². The van der Waals surface area contributed by atoms with Crippen molar-refractivity contribution in [2.75, 3.05) is 0 Å². The van der Waals surface area contributed by atoms with Crippen LogP contribution in [-0.2, 0) is 0 Å². The van der Waals surface area contributed by atoms with Gasteiger partial charge >= 0.3 is 0 Å². The van der Waals surface area contributed by atoms with E-state index in [0.717, 1.165) is 17.8 Å². The highest BCUT2D eigenvalue weighted by Crippen LogP contribution is 2.20. The lowest BCUT2D eigenvalue weighted by atomic mass is 9.90. The standard InChI is InChI=1S/C14H21N/c1-12-8-7-10-13(15-12)9-5-6-11-14(2,3)4/h5,7-10H,6,11H2,1-4H3/b9-5-. The van der Waals surface area contributed by atoms with E-state index in [1.807, 2.05) is 25.1 Å². The monoisotopic (exact) mass is 203 g/mol. The number of allylic oxidation sites excluding steroid dienone is 1. The normalized spacial score (nSPS) is 12.3. The minimum Gasteiger partial charge on any atom is -0.254 e. The fraction of sp³-hybridized carbons (Fsp3) is 0.500. The van der Waals surface area contributed by atoms with Crippen molar-refractivity contribution in [3.05, 3.63) is 35.7 Å². The third-order valence-corrected chi connectivity index (χ3v) is 2.26. The highest BCUT2D eigenvalue weighted by Gasteiger charge is 2.07. The molecule has 0 spiro atoms. The summed E-state index contributed by atoms with van der Waals surface area (Å²) >= 11 is 0. The minimum absolute atomic E-state index is 0.421. The molecule has 1 aromatic heterocycles. The van der Waals surface area contributed by atoms with Crippen LogP contribution < -0.4 is 0 Å². The molecule has 0 atom stereocenters. The van der Waals surface area contributed by atoms with Crippen molar-refractivity contribution < 1.29 is 0 Å². The summed E-state index contributed by atoms with van der Waals surface area (Å²) in [5.41, 5.74) is 2.56. The van der Waals surface area contributed by atoms with E-state index in [1.165, 1.54) is 6.42 Å². The van der Waals surface area contributed by atoms with Crippen LogP contribution in [0.3, 0.4) is 0 Å². The van der Waals surface area contributed by atoms with Crippen molar-refractivity contribution in [1.29, 1.82) is 0 Å². The molecule has 0 aliphatic heterocycles. The molecule has 0 radical (unpaired) electrons. The maximum absolute atomic E-state index is 4.42. The number of aryl methyl sites for hydroxylation is 1. The minimum atomic E-state index is 0.421. The molecule has 0 aliphatic carbocycles. The van der Waals surface area contributed by atoms with Gasteiger partial charge in [-0.3, -0.25) is 4.98 Å². The summed E-state index contributed by atoms with van der Waals surface area (Å²) < 4.78 is 0. The van der Waals surface area contributed by atoms with Crippen molar-refractivity contribution in [3.63, 3.8) is 0 Å². The zero-order valence-electron chi connectivity index (χ0n) is 10.2. The molecule has 0 amide bonds. The maximum Gasteiger partial charge on any atom is 0.0629 e. The van der Waals surface area contributed by atoms with Gasteiger partial charge in [0, 0.05) is 5.69 Å². The topological polar surface area (TPSA) is 12.9 Å². The SMILES string of the molecule is Cc1cccc(/C=C\CCC(C)(C)C)n1. The van der Waals surface area contributed by atoms with Crippen molar-refractivity contribution in [2.45, 2.75) is 40.5 Å². The molecule has 1 heteroatoms. The van der Waals surface area contributed by atoms with E-state index in [2.05, 4.69) is 37.9 Å². The van der Waals surface area contributed by atoms with Gasteiger partial charge in [-0.15, -0.1) is 0 Å². The number of pyridine rings is 1. The molecule has 0 N–H and O–H groups in total. The third kappa shape index (κ3) is 5.36. The van der Waals surface area contributed by atoms with Crippen LogP contribution in [0.15, 0.2) is 24.3 Å². The second-order valence-electron chi connectivity index (χ2n) is 5.21. The summed E-state index contributed by atoms with van der Waals surface area (Å²) in [6.45, 7) is 8.83. The Morgan fingerprint density at radius 3 is 2.60 bits per heavy atom. The van der Waals surface area contributed by atoms with Gasteiger partial charge < -0.3 is 0 Å². The lowest BCUT2D eigenvalue weighted by Crippen LogP contribution is -2.02. The largest absolute Gasteiger partial charge is 0.254 e. The maximum atomic E-state index is 4.42. The van der Waals surface area contributed by atoms with E-state index in [4.69, 9.17) is 0 Å². The molecule has 0 fully saturated rings. The molecular formula is C14H21N. The molecule has 1 rings (SSSR count). The summed E-state index contributed by atoms with van der Waals surface area (Å²) in [5.74, 6) is 0. The highest BCUT2D eigenvalue weighted by molar-refractivity contribution is 5.44. The summed E-state index contributed by atoms with van der Waals surface area (Å²) in [6.07, 6.45) is 6.67. The fourth-order valence-electron chi connectivity index (χ4n) is 1.38. The Hall–Kier alpha value is -1.11. The summed E-state index contributed by atoms with van der Waals surface area (Å²) in [4.78, 5) is 4.42. The van der Waals surface area contributed by atoms with E-state index >= 15 is 0 Å². The van der Waals surface area contributed by atoms with Crippen LogP contribution in [0.4, 0.5) is 0 Å². The van der Waals surface area contributed by atoms with Crippen LogP contribution in [-0.4, -0.2) is 4.98 Å². The van der Waals surface area contributed by atoms with Gasteiger partial charge in [-0.05, 0) is 43.4 Å². The van der Waals surface area contributed by atoms with Crippen LogP contribution in [0.25, 0.3) is 6.08 Å². The molecule has 1 aromatic rings. The molecule has 0 bridgehead atoms. The smallest absolute Gasteiger partial charge is 0.0629 e. The van der Waals surface area contributed by atoms with Gasteiger partial charge in [-0.25, -0.2) is 0 Å². The summed E-state index contributed by atoms with van der Waals surface area (Å²) in [5, 5.41) is 0. The molecule has 1 nitrogen and oxygen atoms in total. The number of aromatic nitrogens is 1. The second-order valence-corrected chi connectivity index (χ2v) is 5.21. The highest BCUT2D eigenvalue weighted by atomic mass is 14.7. The van der Waals surface area contributed by atoms with Crippen LogP contribution in [0.5, 0.6) is 0 Å². The Morgan fingerprint density at radius 2 is 2.00 bits per heavy atom. The van der Waals surface area contributed by atoms with Crippen LogP contribution >= 0.6 is 0 Å². The summed E-state index contributed by atoms with van der Waals surface area (Å²) in [6, 6.07) is 6.11. The van der Waals surface area contributed by atoms with E-state index in [-0.39, 0.29) is 0 Å². The lowest BCUT2D eigenvalue weighted by molar-refractivity contribution is 0.382. The van der Waals surface area contributed by atoms with E-state index in [1.54, 1.807) is 0 Å². The Labute approximate surface area is 93.2 Å². The Morgan fingerprint density at radius 1 is 1.27 bits per heavy atom. The van der Waals surface area contributed by atoms with Crippen molar-refractivity contribution >= 4 is 6.08 Å². The van der Waals surface area contributed by atoms with Crippen LogP contribution in [0, 0.1) is 12.3 Å². The van der Waals surface area contributed by atoms with Crippen molar-refractivity contribution in [1.82, 2.24) is 4.98 Å². The Kier molecular flexibility index (Phi) is 4.07. The average Bonchev–Trinajstić information content (AvgIpc) is 2.11. The molecule has 0 aromatic carbocycles. The predicted octanol–water partition coefficient (Wildman–Crippen LogP) is 4.23. The van der Waals surface area contributed by atoms with E-state index in [0.29, 0.717) is 5.41 Å². The van der Waals surface area contributed by atoms with Gasteiger partial charge in [0.15, 0.2) is 0 Å². The fourth-order valence-corrected chi connectivity index (χ4v) is 1.38. The van der Waals surface area contributed by atoms with Gasteiger partial charge in [0.25, 0.3) is 0 Å². The first kappa shape index (κ1) is 12.0. The van der Waals surface area contributed by atoms with E-state index < -0.39 is 0 Å². The van der Waals surface area contributed by atoms with Crippen molar-refractivity contribution in [2.24, 2.45) is 5.41 Å². The zero-order valence-corrected chi connectivity index (χ0v) is 10.2. The van der Waals surface area contributed by atoms with Gasteiger partial charge in [-0.2, -0.15) is 0 Å². The molecule has 1 heterocycles. The molecule has 0 saturated carbocycles. The molecule has 0 aliphatic rings. The van der Waals surface area contributed by atoms with Gasteiger partial charge in [0.1, 0.15) is 0 Å². The number of rotatable bonds is 3. The average molecular weight is 203 g/mol. The molecule has 82 valence electrons. The van der Waals surface area contributed by atoms with Crippen LogP contribution in [0.2, 0.25) is 0 Å². The van der Waals surface area contributed by atoms with Gasteiger partial charge in [0.2, 0.25) is 0 Å². The number of hydrogen-bond donors (Lipinski definition) is 0. The zero-order chi connectivity index (χ0) is 11.3. The van der Waals surface area contributed by atoms with Gasteiger partial charge in [-0.1, -0.05) is 32.9 Å². The summed E-state index contributed by atoms with van der Waals surface area (Å²) in [7, 11) is 0. The van der Waals surface area contributed by atoms with Gasteiger partial charge in [0.05, 0.1) is 5.69 Å². The molecular weight excluding hydrogens is 182 g/mol. The quantitative estimate of drug-likeness (QED) is 0.716. The predicted molar refractivity (Wildman–Crippen MR) is 66.7 cm³/mol. The molecule has 15 heavy (non-hydrogen) atoms. The van der Waals surface area contributed by atoms with Crippen LogP contribution in [0.1, 0.15) is 45.0 Å². The Bertz CT molecular complexity index is 331. The second kappa shape index (κ2) is 5.11. The first-order valence-electron chi connectivity index (χ1n) is 5.58. The molecule has 0 saturated heterocycles. The first-order valence-corrected chi connectivity index (χ1v) is 5.58. The molecule has 0 unspecified atom stereocenters. The van der Waals surface area contributed by atoms with E-state index in [9.17, 15) is 0 Å². The number of nitrogens with zero attached hydrogens (tertiary/aromatic N) is 1.